The third kappa shape index (κ3) is 3.30. The van der Waals surface area contributed by atoms with Crippen LogP contribution < -0.4 is 4.98 Å². The van der Waals surface area contributed by atoms with Crippen LogP contribution >= 0.6 is 0 Å². The first-order chi connectivity index (χ1) is 5.24. The summed E-state index contributed by atoms with van der Waals surface area (Å²) in [4.78, 5) is 3.10. The second-order valence-electron chi connectivity index (χ2n) is 2.10. The molecule has 0 aromatic carbocycles. The van der Waals surface area contributed by atoms with E-state index in [1.807, 2.05) is 0 Å². The summed E-state index contributed by atoms with van der Waals surface area (Å²) >= 11 is 0. The maximum Gasteiger partial charge on any atom is 0.595 e. The third-order valence-electron chi connectivity index (χ3n) is 1.40. The van der Waals surface area contributed by atoms with Gasteiger partial charge < -0.3 is 13.3 Å². The smallest absolute Gasteiger partial charge is 0.364 e. The van der Waals surface area contributed by atoms with E-state index in [1.54, 1.807) is 21.3 Å². The average Bonchev–Trinajstić information content (AvgIpc) is 2.08. The summed E-state index contributed by atoms with van der Waals surface area (Å²) < 4.78 is 15.4. The van der Waals surface area contributed by atoms with Crippen molar-refractivity contribution in [2.75, 3.05) is 27.9 Å². The Balaban J connectivity index is 3.84. The van der Waals surface area contributed by atoms with E-state index < -0.39 is 8.97 Å². The van der Waals surface area contributed by atoms with Gasteiger partial charge in [-0.25, -0.2) is 0 Å². The van der Waals surface area contributed by atoms with Gasteiger partial charge >= 0.3 is 8.97 Å². The molecule has 11 heavy (non-hydrogen) atoms. The van der Waals surface area contributed by atoms with E-state index in [0.29, 0.717) is 0 Å². The summed E-state index contributed by atoms with van der Waals surface area (Å²) in [5, 5.41) is 0. The highest BCUT2D eigenvalue weighted by molar-refractivity contribution is 6.57. The number of hydrogen-bond donors (Lipinski definition) is 1. The highest BCUT2D eigenvalue weighted by Gasteiger charge is 2.37. The molecular weight excluding hydrogens is 162 g/mol. The van der Waals surface area contributed by atoms with Crippen molar-refractivity contribution < 1.29 is 13.3 Å². The SMILES string of the molecule is CCCN[Si](OC)(OC)OC. The highest BCUT2D eigenvalue weighted by atomic mass is 28.4. The van der Waals surface area contributed by atoms with Crippen molar-refractivity contribution in [3.05, 3.63) is 0 Å². The zero-order chi connectivity index (χ0) is 8.74. The predicted molar refractivity (Wildman–Crippen MR) is 45.1 cm³/mol. The Morgan fingerprint density at radius 3 is 1.82 bits per heavy atom. The van der Waals surface area contributed by atoms with Crippen molar-refractivity contribution in [2.45, 2.75) is 13.3 Å². The van der Waals surface area contributed by atoms with Gasteiger partial charge in [0.05, 0.1) is 0 Å². The van der Waals surface area contributed by atoms with Gasteiger partial charge in [-0.3, -0.25) is 4.98 Å². The van der Waals surface area contributed by atoms with Crippen LogP contribution in [0.4, 0.5) is 0 Å². The van der Waals surface area contributed by atoms with E-state index in [0.717, 1.165) is 13.0 Å². The lowest BCUT2D eigenvalue weighted by Crippen LogP contribution is -2.57. The molecule has 1 N–H and O–H groups in total. The fourth-order valence-electron chi connectivity index (χ4n) is 0.745. The lowest BCUT2D eigenvalue weighted by Gasteiger charge is -2.23. The van der Waals surface area contributed by atoms with Crippen LogP contribution in [0.5, 0.6) is 0 Å². The van der Waals surface area contributed by atoms with Gasteiger partial charge in [0.15, 0.2) is 0 Å². The van der Waals surface area contributed by atoms with Crippen molar-refractivity contribution in [3.63, 3.8) is 0 Å². The van der Waals surface area contributed by atoms with Crippen LogP contribution in [0, 0.1) is 0 Å². The van der Waals surface area contributed by atoms with Gasteiger partial charge in [0.2, 0.25) is 0 Å². The monoisotopic (exact) mass is 179 g/mol. The normalized spacial score (nSPS) is 12.0. The summed E-state index contributed by atoms with van der Waals surface area (Å²) in [6.45, 7) is 2.93. The highest BCUT2D eigenvalue weighted by Crippen LogP contribution is 2.00. The fourth-order valence-corrected chi connectivity index (χ4v) is 2.23. The van der Waals surface area contributed by atoms with E-state index in [1.165, 1.54) is 0 Å². The molecule has 5 heteroatoms. The molecule has 0 saturated heterocycles. The number of hydrogen-bond acceptors (Lipinski definition) is 4. The van der Waals surface area contributed by atoms with Crippen molar-refractivity contribution in [2.24, 2.45) is 0 Å². The van der Waals surface area contributed by atoms with Crippen LogP contribution in [0.3, 0.4) is 0 Å². The zero-order valence-electron chi connectivity index (χ0n) is 7.64. The molecule has 0 aliphatic carbocycles. The van der Waals surface area contributed by atoms with Crippen LogP contribution in [0.2, 0.25) is 0 Å². The second-order valence-corrected chi connectivity index (χ2v) is 4.79. The molecule has 0 spiro atoms. The predicted octanol–water partition coefficient (Wildman–Crippen LogP) is 0.361. The third-order valence-corrected chi connectivity index (χ3v) is 3.69. The summed E-state index contributed by atoms with van der Waals surface area (Å²) in [5.41, 5.74) is 0. The lowest BCUT2D eigenvalue weighted by atomic mass is 10.5. The molecule has 0 unspecified atom stereocenters. The first-order valence-electron chi connectivity index (χ1n) is 3.65. The molecule has 0 rings (SSSR count). The molecule has 0 bridgehead atoms. The molecule has 0 heterocycles. The van der Waals surface area contributed by atoms with Crippen molar-refractivity contribution in [1.29, 1.82) is 0 Å². The Bertz CT molecular complexity index is 89.6. The number of nitrogens with one attached hydrogen (secondary N) is 1. The van der Waals surface area contributed by atoms with Crippen molar-refractivity contribution >= 4 is 8.97 Å². The molecule has 0 radical (unpaired) electrons. The van der Waals surface area contributed by atoms with E-state index >= 15 is 0 Å². The Morgan fingerprint density at radius 2 is 1.55 bits per heavy atom. The molecule has 0 fully saturated rings. The largest absolute Gasteiger partial charge is 0.595 e. The molecule has 0 aliphatic heterocycles. The molecule has 0 saturated carbocycles. The minimum Gasteiger partial charge on any atom is -0.364 e. The Morgan fingerprint density at radius 1 is 1.09 bits per heavy atom. The molecular formula is C6H17NO3Si. The van der Waals surface area contributed by atoms with Gasteiger partial charge in [0.1, 0.15) is 0 Å². The van der Waals surface area contributed by atoms with Crippen LogP contribution in [0.1, 0.15) is 13.3 Å². The molecule has 0 atom stereocenters. The van der Waals surface area contributed by atoms with Crippen LogP contribution in [-0.4, -0.2) is 36.8 Å². The van der Waals surface area contributed by atoms with Gasteiger partial charge in [-0.2, -0.15) is 0 Å². The Hall–Kier alpha value is 0.0569. The van der Waals surface area contributed by atoms with Gasteiger partial charge in [-0.15, -0.1) is 0 Å². The molecule has 68 valence electrons. The van der Waals surface area contributed by atoms with E-state index in [9.17, 15) is 0 Å². The van der Waals surface area contributed by atoms with Crippen LogP contribution in [0.25, 0.3) is 0 Å². The quantitative estimate of drug-likeness (QED) is 0.598. The van der Waals surface area contributed by atoms with Crippen LogP contribution in [-0.2, 0) is 13.3 Å². The second kappa shape index (κ2) is 5.67. The standard InChI is InChI=1S/C6H17NO3Si/c1-5-6-7-11(8-2,9-3)10-4/h7H,5-6H2,1-4H3. The summed E-state index contributed by atoms with van der Waals surface area (Å²) in [6, 6.07) is 0. The van der Waals surface area contributed by atoms with E-state index in [4.69, 9.17) is 13.3 Å². The molecule has 4 nitrogen and oxygen atoms in total. The Labute approximate surface area is 69.3 Å². The Kier molecular flexibility index (Phi) is 5.70. The molecule has 0 aliphatic rings. The lowest BCUT2D eigenvalue weighted by molar-refractivity contribution is 0.110. The molecule has 0 amide bonds. The van der Waals surface area contributed by atoms with E-state index in [-0.39, 0.29) is 0 Å². The maximum absolute atomic E-state index is 5.12. The fraction of sp³-hybridized carbons (Fsp3) is 1.00. The average molecular weight is 179 g/mol. The van der Waals surface area contributed by atoms with Gasteiger partial charge in [-0.05, 0) is 13.0 Å². The van der Waals surface area contributed by atoms with Gasteiger partial charge in [0.25, 0.3) is 0 Å². The maximum atomic E-state index is 5.12. The van der Waals surface area contributed by atoms with Crippen molar-refractivity contribution in [1.82, 2.24) is 4.98 Å². The van der Waals surface area contributed by atoms with Gasteiger partial charge in [0, 0.05) is 21.3 Å². The first-order valence-corrected chi connectivity index (χ1v) is 5.37. The summed E-state index contributed by atoms with van der Waals surface area (Å²) in [6.07, 6.45) is 1.03. The minimum atomic E-state index is -2.49. The summed E-state index contributed by atoms with van der Waals surface area (Å²) in [5.74, 6) is 0. The van der Waals surface area contributed by atoms with Gasteiger partial charge in [-0.1, -0.05) is 6.92 Å². The first kappa shape index (κ1) is 11.1. The zero-order valence-corrected chi connectivity index (χ0v) is 8.64. The van der Waals surface area contributed by atoms with E-state index in [2.05, 4.69) is 11.9 Å². The molecule has 0 aromatic heterocycles. The molecule has 0 aromatic rings. The van der Waals surface area contributed by atoms with Crippen LogP contribution in [0.15, 0.2) is 0 Å². The van der Waals surface area contributed by atoms with Crippen molar-refractivity contribution in [3.8, 4) is 0 Å². The minimum absolute atomic E-state index is 0.849. The number of rotatable bonds is 6. The topological polar surface area (TPSA) is 39.7 Å². The summed E-state index contributed by atoms with van der Waals surface area (Å²) in [7, 11) is 2.27.